The van der Waals surface area contributed by atoms with Gasteiger partial charge in [0.1, 0.15) is 0 Å². The minimum Gasteiger partial charge on any atom is -0.418 e. The Morgan fingerprint density at radius 1 is 1.03 bits per heavy atom. The lowest BCUT2D eigenvalue weighted by molar-refractivity contribution is -0.716. The fraction of sp³-hybridized carbons (Fsp3) is 0.222. The van der Waals surface area contributed by atoms with Gasteiger partial charge in [-0.05, 0) is 24.1 Å². The molecular weight excluding hydrogens is 451 g/mol. The molecule has 0 N–H and O–H groups in total. The summed E-state index contributed by atoms with van der Waals surface area (Å²) in [5.74, 6) is 1.05. The summed E-state index contributed by atoms with van der Waals surface area (Å²) < 4.78 is 43.0. The third-order valence-corrected chi connectivity index (χ3v) is 5.17. The number of fused-ring (bicyclic) bond motifs is 1. The van der Waals surface area contributed by atoms with Crippen molar-refractivity contribution in [2.45, 2.75) is 25.3 Å². The molecule has 1 aliphatic heterocycles. The van der Waals surface area contributed by atoms with Crippen LogP contribution in [0.1, 0.15) is 23.9 Å². The van der Waals surface area contributed by atoms with Crippen molar-refractivity contribution in [3.63, 3.8) is 0 Å². The van der Waals surface area contributed by atoms with Crippen LogP contribution >= 0.6 is 34.8 Å². The van der Waals surface area contributed by atoms with Gasteiger partial charge in [-0.1, -0.05) is 69.8 Å². The van der Waals surface area contributed by atoms with Crippen LogP contribution in [0.4, 0.5) is 17.3 Å². The van der Waals surface area contributed by atoms with Crippen molar-refractivity contribution in [1.82, 2.24) is 9.78 Å². The molecule has 0 bridgehead atoms. The Morgan fingerprint density at radius 3 is 2.21 bits per heavy atom. The van der Waals surface area contributed by atoms with Crippen LogP contribution in [0, 0.1) is 0 Å². The Kier molecular flexibility index (Phi) is 6.76. The zero-order valence-electron chi connectivity index (χ0n) is 14.9. The third-order valence-electron chi connectivity index (χ3n) is 4.37. The SMILES string of the molecule is Clc1cc(Cl)c(-n2c[n+]3c(n2)CC[C@@H]3Cc2ccccc2)c(Cl)c1.F[B-](F)(F)F. The standard InChI is InChI=1S/C18H15Cl3N3.BF4/c19-13-9-15(20)18(16(21)10-13)24-11-23-14(6-7-17(23)22-24)8-12-4-2-1-3-5-12;2-1(3,4)5/h1-5,9-11,14H,6-8H2;/q+1;-1/t14-;/m1./s1. The van der Waals surface area contributed by atoms with Gasteiger partial charge in [0.2, 0.25) is 6.33 Å². The van der Waals surface area contributed by atoms with Crippen LogP contribution in [0.25, 0.3) is 5.69 Å². The van der Waals surface area contributed by atoms with E-state index in [4.69, 9.17) is 34.8 Å². The van der Waals surface area contributed by atoms with Gasteiger partial charge >= 0.3 is 7.25 Å². The van der Waals surface area contributed by atoms with Crippen LogP contribution < -0.4 is 4.57 Å². The van der Waals surface area contributed by atoms with E-state index >= 15 is 0 Å². The van der Waals surface area contributed by atoms with Crippen LogP contribution in [0.2, 0.25) is 15.1 Å². The number of benzene rings is 2. The quantitative estimate of drug-likeness (QED) is 0.258. The smallest absolute Gasteiger partial charge is 0.418 e. The molecule has 0 spiro atoms. The van der Waals surface area contributed by atoms with Crippen molar-refractivity contribution in [2.75, 3.05) is 0 Å². The maximum atomic E-state index is 9.75. The Labute approximate surface area is 179 Å². The van der Waals surface area contributed by atoms with Crippen molar-refractivity contribution in [1.29, 1.82) is 0 Å². The van der Waals surface area contributed by atoms with Crippen LogP contribution in [0.5, 0.6) is 0 Å². The summed E-state index contributed by atoms with van der Waals surface area (Å²) in [4.78, 5) is 0. The Balaban J connectivity index is 0.000000431. The predicted octanol–water partition coefficient (Wildman–Crippen LogP) is 6.15. The number of rotatable bonds is 3. The van der Waals surface area contributed by atoms with Crippen LogP contribution in [0.15, 0.2) is 48.8 Å². The highest BCUT2D eigenvalue weighted by Gasteiger charge is 2.32. The third kappa shape index (κ3) is 5.87. The van der Waals surface area contributed by atoms with Gasteiger partial charge in [-0.25, -0.2) is 4.57 Å². The number of aryl methyl sites for hydroxylation is 1. The van der Waals surface area contributed by atoms with Gasteiger partial charge in [0.05, 0.1) is 16.1 Å². The second-order valence-corrected chi connectivity index (χ2v) is 7.73. The molecule has 0 aliphatic carbocycles. The second kappa shape index (κ2) is 8.94. The minimum atomic E-state index is -6.00. The van der Waals surface area contributed by atoms with E-state index in [1.165, 1.54) is 5.56 Å². The van der Waals surface area contributed by atoms with Gasteiger partial charge in [-0.2, -0.15) is 0 Å². The topological polar surface area (TPSA) is 21.7 Å². The highest BCUT2D eigenvalue weighted by molar-refractivity contribution is 6.50. The van der Waals surface area contributed by atoms with E-state index in [0.29, 0.717) is 26.8 Å². The normalized spacial score (nSPS) is 15.6. The van der Waals surface area contributed by atoms with Crippen molar-refractivity contribution in [3.05, 3.63) is 75.2 Å². The Hall–Kier alpha value is -1.77. The first kappa shape index (κ1) is 21.9. The van der Waals surface area contributed by atoms with Crippen molar-refractivity contribution >= 4 is 42.1 Å². The summed E-state index contributed by atoms with van der Waals surface area (Å²) in [7, 11) is -6.00. The van der Waals surface area contributed by atoms with E-state index in [2.05, 4.69) is 33.9 Å². The van der Waals surface area contributed by atoms with E-state index in [1.54, 1.807) is 16.8 Å². The molecule has 29 heavy (non-hydrogen) atoms. The van der Waals surface area contributed by atoms with Gasteiger partial charge in [-0.15, -0.1) is 0 Å². The number of hydrogen-bond donors (Lipinski definition) is 0. The summed E-state index contributed by atoms with van der Waals surface area (Å²) >= 11 is 18.6. The summed E-state index contributed by atoms with van der Waals surface area (Å²) in [6.45, 7) is 0. The van der Waals surface area contributed by atoms with Gasteiger partial charge in [0.25, 0.3) is 5.82 Å². The first-order valence-electron chi connectivity index (χ1n) is 8.67. The lowest BCUT2D eigenvalue weighted by Gasteiger charge is -2.08. The van der Waals surface area contributed by atoms with Gasteiger partial charge < -0.3 is 17.3 Å². The number of hydrogen-bond acceptors (Lipinski definition) is 1. The van der Waals surface area contributed by atoms with Gasteiger partial charge in [-0.3, -0.25) is 0 Å². The molecule has 1 aromatic heterocycles. The lowest BCUT2D eigenvalue weighted by atomic mass is 10.0. The monoisotopic (exact) mass is 465 g/mol. The Bertz CT molecular complexity index is 967. The minimum absolute atomic E-state index is 0.404. The van der Waals surface area contributed by atoms with Gasteiger partial charge in [0.15, 0.2) is 5.69 Å². The molecule has 3 aromatic rings. The van der Waals surface area contributed by atoms with Crippen LogP contribution in [0.3, 0.4) is 0 Å². The largest absolute Gasteiger partial charge is 0.673 e. The highest BCUT2D eigenvalue weighted by Crippen LogP contribution is 2.32. The van der Waals surface area contributed by atoms with Crippen LogP contribution in [-0.4, -0.2) is 17.0 Å². The molecule has 0 fully saturated rings. The van der Waals surface area contributed by atoms with E-state index < -0.39 is 7.25 Å². The molecule has 4 rings (SSSR count). The molecule has 2 heterocycles. The Morgan fingerprint density at radius 2 is 1.62 bits per heavy atom. The summed E-state index contributed by atoms with van der Waals surface area (Å²) in [5, 5.41) is 6.18. The highest BCUT2D eigenvalue weighted by atomic mass is 35.5. The maximum absolute atomic E-state index is 9.75. The molecule has 0 radical (unpaired) electrons. The molecule has 0 unspecified atom stereocenters. The molecule has 0 saturated heterocycles. The maximum Gasteiger partial charge on any atom is 0.673 e. The molecule has 0 saturated carbocycles. The zero-order chi connectivity index (χ0) is 21.2. The van der Waals surface area contributed by atoms with E-state index in [9.17, 15) is 17.3 Å². The van der Waals surface area contributed by atoms with Crippen molar-refractivity contribution in [2.24, 2.45) is 0 Å². The lowest BCUT2D eigenvalue weighted by Crippen LogP contribution is -2.37. The second-order valence-electron chi connectivity index (χ2n) is 6.48. The molecule has 154 valence electrons. The molecule has 2 aromatic carbocycles. The number of aromatic nitrogens is 3. The molecule has 1 aliphatic rings. The van der Waals surface area contributed by atoms with Crippen LogP contribution in [-0.2, 0) is 12.8 Å². The molecule has 0 amide bonds. The van der Waals surface area contributed by atoms with E-state index in [1.807, 2.05) is 12.4 Å². The first-order chi connectivity index (χ1) is 13.6. The number of halogens is 7. The summed E-state index contributed by atoms with van der Waals surface area (Å²) in [6.07, 6.45) is 5.02. The molecule has 1 atom stereocenters. The average molecular weight is 467 g/mol. The van der Waals surface area contributed by atoms with E-state index in [0.717, 1.165) is 25.1 Å². The first-order valence-corrected chi connectivity index (χ1v) is 9.81. The predicted molar refractivity (Wildman–Crippen MR) is 106 cm³/mol. The fourth-order valence-electron chi connectivity index (χ4n) is 3.25. The molecule has 11 heteroatoms. The number of nitrogens with zero attached hydrogens (tertiary/aromatic N) is 3. The molecule has 3 nitrogen and oxygen atoms in total. The summed E-state index contributed by atoms with van der Waals surface area (Å²) in [5.41, 5.74) is 2.00. The van der Waals surface area contributed by atoms with Gasteiger partial charge in [0, 0.05) is 23.0 Å². The van der Waals surface area contributed by atoms with E-state index in [-0.39, 0.29) is 0 Å². The van der Waals surface area contributed by atoms with Crippen molar-refractivity contribution < 1.29 is 21.8 Å². The zero-order valence-corrected chi connectivity index (χ0v) is 17.2. The summed E-state index contributed by atoms with van der Waals surface area (Å²) in [6, 6.07) is 14.3. The average Bonchev–Trinajstić information content (AvgIpc) is 3.15. The molecular formula is C18H15BCl3F4N3. The van der Waals surface area contributed by atoms with Crippen molar-refractivity contribution in [3.8, 4) is 5.69 Å². The fourth-order valence-corrected chi connectivity index (χ4v) is 4.24.